The van der Waals surface area contributed by atoms with Crippen LogP contribution in [0, 0.1) is 0 Å². The van der Waals surface area contributed by atoms with Gasteiger partial charge < -0.3 is 10.1 Å². The van der Waals surface area contributed by atoms with Crippen LogP contribution in [0.2, 0.25) is 0 Å². The fourth-order valence-corrected chi connectivity index (χ4v) is 3.62. The highest BCUT2D eigenvalue weighted by molar-refractivity contribution is 4.95. The first-order valence-electron chi connectivity index (χ1n) is 7.50. The maximum Gasteiger partial charge on any atom is 0.141 e. The van der Waals surface area contributed by atoms with Crippen LogP contribution in [-0.4, -0.2) is 34.0 Å². The van der Waals surface area contributed by atoms with Crippen LogP contribution in [-0.2, 0) is 11.3 Å². The van der Waals surface area contributed by atoms with E-state index in [1.807, 2.05) is 7.05 Å². The van der Waals surface area contributed by atoms with E-state index in [1.54, 1.807) is 6.33 Å². The van der Waals surface area contributed by atoms with Gasteiger partial charge in [-0.3, -0.25) is 0 Å². The van der Waals surface area contributed by atoms with Crippen molar-refractivity contribution in [3.63, 3.8) is 0 Å². The lowest BCUT2D eigenvalue weighted by Gasteiger charge is -2.43. The Kier molecular flexibility index (Phi) is 3.84. The van der Waals surface area contributed by atoms with Gasteiger partial charge in [-0.1, -0.05) is 19.3 Å². The fourth-order valence-electron chi connectivity index (χ4n) is 3.62. The van der Waals surface area contributed by atoms with E-state index in [0.29, 0.717) is 6.04 Å². The summed E-state index contributed by atoms with van der Waals surface area (Å²) >= 11 is 0. The summed E-state index contributed by atoms with van der Waals surface area (Å²) in [4.78, 5) is 4.36. The zero-order chi connectivity index (χ0) is 13.1. The summed E-state index contributed by atoms with van der Waals surface area (Å²) in [6.45, 7) is 1.65. The van der Waals surface area contributed by atoms with Gasteiger partial charge in [0, 0.05) is 6.61 Å². The van der Waals surface area contributed by atoms with E-state index in [2.05, 4.69) is 20.1 Å². The lowest BCUT2D eigenvalue weighted by atomic mass is 9.78. The van der Waals surface area contributed by atoms with Crippen molar-refractivity contribution in [1.29, 1.82) is 0 Å². The summed E-state index contributed by atoms with van der Waals surface area (Å²) in [5, 5.41) is 7.61. The highest BCUT2D eigenvalue weighted by Crippen LogP contribution is 2.42. The van der Waals surface area contributed by atoms with Crippen LogP contribution >= 0.6 is 0 Å². The fraction of sp³-hybridized carbons (Fsp3) is 0.857. The third-order valence-corrected chi connectivity index (χ3v) is 4.56. The molecule has 19 heavy (non-hydrogen) atoms. The third-order valence-electron chi connectivity index (χ3n) is 4.56. The Morgan fingerprint density at radius 1 is 1.42 bits per heavy atom. The molecule has 1 aliphatic heterocycles. The largest absolute Gasteiger partial charge is 0.375 e. The van der Waals surface area contributed by atoms with Gasteiger partial charge in [0.15, 0.2) is 0 Å². The van der Waals surface area contributed by atoms with Gasteiger partial charge in [0.05, 0.1) is 18.2 Å². The molecule has 1 unspecified atom stereocenters. The second-order valence-electron chi connectivity index (χ2n) is 5.89. The quantitative estimate of drug-likeness (QED) is 0.908. The van der Waals surface area contributed by atoms with Gasteiger partial charge in [-0.05, 0) is 32.7 Å². The average molecular weight is 264 g/mol. The number of hydrogen-bond acceptors (Lipinski definition) is 4. The standard InChI is InChI=1S/C14H24N4O/c1-15-10-13-16-11-17-18(13)12-5-8-19-14(9-12)6-3-2-4-7-14/h11-12,15H,2-10H2,1H3. The van der Waals surface area contributed by atoms with Gasteiger partial charge in [0.25, 0.3) is 0 Å². The zero-order valence-corrected chi connectivity index (χ0v) is 11.8. The summed E-state index contributed by atoms with van der Waals surface area (Å²) in [7, 11) is 1.95. The lowest BCUT2D eigenvalue weighted by Crippen LogP contribution is -2.42. The highest BCUT2D eigenvalue weighted by Gasteiger charge is 2.39. The lowest BCUT2D eigenvalue weighted by molar-refractivity contribution is -0.116. The van der Waals surface area contributed by atoms with E-state index in [0.717, 1.165) is 31.8 Å². The normalized spacial score (nSPS) is 26.7. The molecule has 5 heteroatoms. The van der Waals surface area contributed by atoms with Crippen molar-refractivity contribution in [3.05, 3.63) is 12.2 Å². The van der Waals surface area contributed by atoms with Crippen LogP contribution in [0.3, 0.4) is 0 Å². The molecule has 106 valence electrons. The maximum absolute atomic E-state index is 6.16. The summed E-state index contributed by atoms with van der Waals surface area (Å²) in [5.74, 6) is 1.04. The van der Waals surface area contributed by atoms with Crippen molar-refractivity contribution in [2.75, 3.05) is 13.7 Å². The van der Waals surface area contributed by atoms with E-state index in [-0.39, 0.29) is 5.60 Å². The highest BCUT2D eigenvalue weighted by atomic mass is 16.5. The predicted octanol–water partition coefficient (Wildman–Crippen LogP) is 2.05. The van der Waals surface area contributed by atoms with Gasteiger partial charge in [-0.2, -0.15) is 5.10 Å². The molecule has 1 N–H and O–H groups in total. The minimum Gasteiger partial charge on any atom is -0.375 e. The van der Waals surface area contributed by atoms with Crippen molar-refractivity contribution in [1.82, 2.24) is 20.1 Å². The maximum atomic E-state index is 6.16. The topological polar surface area (TPSA) is 52.0 Å². The van der Waals surface area contributed by atoms with Crippen molar-refractivity contribution in [2.45, 2.75) is 63.1 Å². The second kappa shape index (κ2) is 5.59. The van der Waals surface area contributed by atoms with Crippen LogP contribution in [0.15, 0.2) is 6.33 Å². The molecule has 1 saturated carbocycles. The average Bonchev–Trinajstić information content (AvgIpc) is 2.88. The van der Waals surface area contributed by atoms with E-state index < -0.39 is 0 Å². The molecule has 1 aromatic heterocycles. The molecule has 0 bridgehead atoms. The number of rotatable bonds is 3. The van der Waals surface area contributed by atoms with E-state index in [4.69, 9.17) is 4.74 Å². The molecule has 3 rings (SSSR count). The zero-order valence-electron chi connectivity index (χ0n) is 11.8. The smallest absolute Gasteiger partial charge is 0.141 e. The Hall–Kier alpha value is -0.940. The van der Waals surface area contributed by atoms with Gasteiger partial charge in [-0.25, -0.2) is 9.67 Å². The molecule has 2 aliphatic rings. The molecule has 0 radical (unpaired) electrons. The molecule has 1 atom stereocenters. The van der Waals surface area contributed by atoms with E-state index in [9.17, 15) is 0 Å². The molecule has 0 aromatic carbocycles. The monoisotopic (exact) mass is 264 g/mol. The van der Waals surface area contributed by atoms with Gasteiger partial charge in [0.1, 0.15) is 12.2 Å². The molecule has 1 aliphatic carbocycles. The first-order chi connectivity index (χ1) is 9.33. The Morgan fingerprint density at radius 2 is 2.26 bits per heavy atom. The molecule has 2 fully saturated rings. The number of nitrogens with one attached hydrogen (secondary N) is 1. The van der Waals surface area contributed by atoms with Crippen LogP contribution in [0.1, 0.15) is 56.8 Å². The molecular formula is C14H24N4O. The summed E-state index contributed by atoms with van der Waals surface area (Å²) in [6.07, 6.45) is 10.3. The van der Waals surface area contributed by atoms with E-state index >= 15 is 0 Å². The Balaban J connectivity index is 1.75. The van der Waals surface area contributed by atoms with Crippen molar-refractivity contribution < 1.29 is 4.74 Å². The van der Waals surface area contributed by atoms with E-state index in [1.165, 1.54) is 32.1 Å². The van der Waals surface area contributed by atoms with Crippen LogP contribution in [0.25, 0.3) is 0 Å². The van der Waals surface area contributed by atoms with Gasteiger partial charge in [0.2, 0.25) is 0 Å². The number of ether oxygens (including phenoxy) is 1. The SMILES string of the molecule is CNCc1ncnn1C1CCOC2(CCCCC2)C1. The number of nitrogens with zero attached hydrogens (tertiary/aromatic N) is 3. The van der Waals surface area contributed by atoms with Crippen molar-refractivity contribution >= 4 is 0 Å². The van der Waals surface area contributed by atoms with Crippen LogP contribution in [0.5, 0.6) is 0 Å². The van der Waals surface area contributed by atoms with Crippen LogP contribution in [0.4, 0.5) is 0 Å². The molecule has 5 nitrogen and oxygen atoms in total. The van der Waals surface area contributed by atoms with Crippen molar-refractivity contribution in [2.24, 2.45) is 0 Å². The van der Waals surface area contributed by atoms with Gasteiger partial charge in [-0.15, -0.1) is 0 Å². The third kappa shape index (κ3) is 2.67. The summed E-state index contributed by atoms with van der Waals surface area (Å²) < 4.78 is 8.28. The molecular weight excluding hydrogens is 240 g/mol. The molecule has 1 spiro atoms. The Morgan fingerprint density at radius 3 is 3.05 bits per heavy atom. The van der Waals surface area contributed by atoms with Gasteiger partial charge >= 0.3 is 0 Å². The number of hydrogen-bond donors (Lipinski definition) is 1. The first kappa shape index (κ1) is 13.1. The van der Waals surface area contributed by atoms with Crippen molar-refractivity contribution in [3.8, 4) is 0 Å². The molecule has 2 heterocycles. The molecule has 1 saturated heterocycles. The predicted molar refractivity (Wildman–Crippen MR) is 72.8 cm³/mol. The molecule has 0 amide bonds. The van der Waals surface area contributed by atoms with Crippen LogP contribution < -0.4 is 5.32 Å². The minimum absolute atomic E-state index is 0.129. The molecule has 1 aromatic rings. The second-order valence-corrected chi connectivity index (χ2v) is 5.89. The Labute approximate surface area is 114 Å². The number of aromatic nitrogens is 3. The summed E-state index contributed by atoms with van der Waals surface area (Å²) in [5.41, 5.74) is 0.129. The summed E-state index contributed by atoms with van der Waals surface area (Å²) in [6, 6.07) is 0.456. The Bertz CT molecular complexity index is 406. The first-order valence-corrected chi connectivity index (χ1v) is 7.50. The minimum atomic E-state index is 0.129.